The molecule has 0 aromatic heterocycles. The SMILES string of the molecule is C[Si](C)(F)c1[c-]cccc1.C[Si](C)(F)c1[c-]cccc1.[Zn+2]. The standard InChI is InChI=1S/2C8H10FSi.Zn/c2*1-10(2,9)8-6-4-3-5-7-8;/h2*3-6H,1-2H3;/q2*-1;+2. The van der Waals surface area contributed by atoms with Gasteiger partial charge >= 0.3 is 19.5 Å². The van der Waals surface area contributed by atoms with E-state index in [-0.39, 0.29) is 19.5 Å². The van der Waals surface area contributed by atoms with Crippen molar-refractivity contribution in [3.8, 4) is 0 Å². The Balaban J connectivity index is 0.000000364. The van der Waals surface area contributed by atoms with Crippen molar-refractivity contribution in [3.63, 3.8) is 0 Å². The predicted molar refractivity (Wildman–Crippen MR) is 87.0 cm³/mol. The zero-order chi connectivity index (χ0) is 15.2. The van der Waals surface area contributed by atoms with Gasteiger partial charge in [-0.15, -0.1) is 10.4 Å². The molecule has 2 aromatic rings. The second-order valence-electron chi connectivity index (χ2n) is 5.50. The molecule has 108 valence electrons. The molecule has 0 saturated heterocycles. The minimum Gasteiger partial charge on any atom is -0.311 e. The van der Waals surface area contributed by atoms with Crippen LogP contribution in [0.3, 0.4) is 0 Å². The van der Waals surface area contributed by atoms with Crippen molar-refractivity contribution in [3.05, 3.63) is 60.7 Å². The average Bonchev–Trinajstić information content (AvgIpc) is 2.40. The summed E-state index contributed by atoms with van der Waals surface area (Å²) in [5.74, 6) is 0. The summed E-state index contributed by atoms with van der Waals surface area (Å²) in [6, 6.07) is 20.3. The molecule has 0 spiro atoms. The minimum atomic E-state index is -2.59. The molecular weight excluding hydrogens is 352 g/mol. The zero-order valence-corrected chi connectivity index (χ0v) is 18.0. The summed E-state index contributed by atoms with van der Waals surface area (Å²) in [4.78, 5) is 0. The van der Waals surface area contributed by atoms with Gasteiger partial charge in [-0.25, -0.2) is 0 Å². The van der Waals surface area contributed by atoms with Crippen LogP contribution in [0, 0.1) is 12.1 Å². The second-order valence-corrected chi connectivity index (χ2v) is 12.5. The van der Waals surface area contributed by atoms with E-state index in [4.69, 9.17) is 0 Å². The van der Waals surface area contributed by atoms with Gasteiger partial charge in [0.1, 0.15) is 0 Å². The molecule has 0 aliphatic carbocycles. The molecule has 2 aromatic carbocycles. The van der Waals surface area contributed by atoms with Crippen LogP contribution in [0.5, 0.6) is 0 Å². The van der Waals surface area contributed by atoms with E-state index >= 15 is 0 Å². The van der Waals surface area contributed by atoms with Crippen LogP contribution in [0.1, 0.15) is 0 Å². The van der Waals surface area contributed by atoms with Crippen molar-refractivity contribution < 1.29 is 27.7 Å². The Kier molecular flexibility index (Phi) is 8.45. The number of halogens is 2. The van der Waals surface area contributed by atoms with Gasteiger partial charge in [0, 0.05) is 0 Å². The van der Waals surface area contributed by atoms with Crippen LogP contribution in [0.15, 0.2) is 48.5 Å². The monoisotopic (exact) mass is 370 g/mol. The fourth-order valence-corrected chi connectivity index (χ4v) is 3.36. The van der Waals surface area contributed by atoms with Gasteiger partial charge in [0.05, 0.1) is 0 Å². The quantitative estimate of drug-likeness (QED) is 0.428. The van der Waals surface area contributed by atoms with Crippen LogP contribution in [0.25, 0.3) is 0 Å². The molecule has 5 heteroatoms. The smallest absolute Gasteiger partial charge is 0.311 e. The van der Waals surface area contributed by atoms with Gasteiger partial charge in [0.2, 0.25) is 16.8 Å². The summed E-state index contributed by atoms with van der Waals surface area (Å²) in [7, 11) is -5.18. The molecular formula is C16H20F2Si2Zn. The Labute approximate surface area is 141 Å². The maximum Gasteiger partial charge on any atom is 2.00 e. The number of benzene rings is 2. The fraction of sp³-hybridized carbons (Fsp3) is 0.250. The molecule has 0 aliphatic heterocycles. The Morgan fingerprint density at radius 2 is 1.05 bits per heavy atom. The summed E-state index contributed by atoms with van der Waals surface area (Å²) < 4.78 is 26.5. The first-order valence-corrected chi connectivity index (χ1v) is 12.3. The summed E-state index contributed by atoms with van der Waals surface area (Å²) in [5, 5.41) is 1.49. The Hall–Kier alpha value is -0.643. The summed E-state index contributed by atoms with van der Waals surface area (Å²) in [6.07, 6.45) is 0. The molecule has 0 heterocycles. The van der Waals surface area contributed by atoms with Gasteiger partial charge in [-0.3, -0.25) is 0 Å². The second kappa shape index (κ2) is 8.72. The van der Waals surface area contributed by atoms with E-state index in [1.54, 1.807) is 50.5 Å². The first-order valence-electron chi connectivity index (χ1n) is 6.53. The Morgan fingerprint density at radius 1 is 0.714 bits per heavy atom. The van der Waals surface area contributed by atoms with E-state index in [2.05, 4.69) is 12.1 Å². The van der Waals surface area contributed by atoms with E-state index < -0.39 is 16.8 Å². The van der Waals surface area contributed by atoms with Crippen molar-refractivity contribution in [1.29, 1.82) is 0 Å². The molecule has 0 amide bonds. The average molecular weight is 372 g/mol. The summed E-state index contributed by atoms with van der Waals surface area (Å²) >= 11 is 0. The van der Waals surface area contributed by atoms with E-state index in [0.29, 0.717) is 0 Å². The molecule has 0 nitrogen and oxygen atoms in total. The number of hydrogen-bond acceptors (Lipinski definition) is 0. The minimum absolute atomic E-state index is 0. The van der Waals surface area contributed by atoms with Crippen LogP contribution >= 0.6 is 0 Å². The number of rotatable bonds is 2. The first kappa shape index (κ1) is 20.4. The topological polar surface area (TPSA) is 0 Å². The Bertz CT molecular complexity index is 456. The maximum absolute atomic E-state index is 13.2. The van der Waals surface area contributed by atoms with Crippen LogP contribution < -0.4 is 10.4 Å². The van der Waals surface area contributed by atoms with E-state index in [1.165, 1.54) is 0 Å². The maximum atomic E-state index is 13.2. The largest absolute Gasteiger partial charge is 2.00 e. The van der Waals surface area contributed by atoms with Gasteiger partial charge < -0.3 is 8.22 Å². The van der Waals surface area contributed by atoms with Crippen molar-refractivity contribution in [2.24, 2.45) is 0 Å². The molecule has 0 unspecified atom stereocenters. The van der Waals surface area contributed by atoms with Gasteiger partial charge in [-0.2, -0.15) is 60.7 Å². The third kappa shape index (κ3) is 7.79. The van der Waals surface area contributed by atoms with Crippen LogP contribution in [0.4, 0.5) is 8.22 Å². The molecule has 0 bridgehead atoms. The molecule has 21 heavy (non-hydrogen) atoms. The summed E-state index contributed by atoms with van der Waals surface area (Å²) in [5.41, 5.74) is 0. The van der Waals surface area contributed by atoms with Crippen LogP contribution in [-0.4, -0.2) is 16.8 Å². The molecule has 0 radical (unpaired) electrons. The molecule has 0 fully saturated rings. The van der Waals surface area contributed by atoms with E-state index in [0.717, 1.165) is 10.4 Å². The predicted octanol–water partition coefficient (Wildman–Crippen LogP) is 3.73. The fourth-order valence-electron chi connectivity index (χ4n) is 1.53. The normalized spacial score (nSPS) is 11.0. The Morgan fingerprint density at radius 3 is 1.19 bits per heavy atom. The van der Waals surface area contributed by atoms with Gasteiger partial charge in [0.25, 0.3) is 0 Å². The molecule has 0 saturated carbocycles. The molecule has 2 rings (SSSR count). The van der Waals surface area contributed by atoms with Crippen LogP contribution in [0.2, 0.25) is 26.2 Å². The van der Waals surface area contributed by atoms with E-state index in [1.807, 2.05) is 24.3 Å². The van der Waals surface area contributed by atoms with Crippen molar-refractivity contribution >= 4 is 27.2 Å². The van der Waals surface area contributed by atoms with Crippen molar-refractivity contribution in [2.45, 2.75) is 26.2 Å². The van der Waals surface area contributed by atoms with E-state index in [9.17, 15) is 8.22 Å². The molecule has 0 aliphatic rings. The first-order chi connectivity index (χ1) is 9.21. The summed E-state index contributed by atoms with van der Waals surface area (Å²) in [6.45, 7) is 6.66. The third-order valence-corrected chi connectivity index (χ3v) is 5.88. The van der Waals surface area contributed by atoms with Crippen LogP contribution in [-0.2, 0) is 19.5 Å². The molecule has 0 N–H and O–H groups in total. The number of hydrogen-bond donors (Lipinski definition) is 0. The van der Waals surface area contributed by atoms with Gasteiger partial charge in [-0.1, -0.05) is 0 Å². The third-order valence-electron chi connectivity index (χ3n) is 2.70. The zero-order valence-electron chi connectivity index (χ0n) is 13.1. The van der Waals surface area contributed by atoms with Gasteiger partial charge in [-0.05, 0) is 26.2 Å². The van der Waals surface area contributed by atoms with Gasteiger partial charge in [0.15, 0.2) is 0 Å². The van der Waals surface area contributed by atoms with Crippen molar-refractivity contribution in [2.75, 3.05) is 0 Å². The molecule has 0 atom stereocenters. The van der Waals surface area contributed by atoms with Crippen molar-refractivity contribution in [1.82, 2.24) is 0 Å².